The molecule has 2 heterocycles. The lowest BCUT2D eigenvalue weighted by atomic mass is 9.90. The number of H-pyrrole nitrogens is 1. The fourth-order valence-electron chi connectivity index (χ4n) is 5.29. The summed E-state index contributed by atoms with van der Waals surface area (Å²) in [6.07, 6.45) is -3.35. The van der Waals surface area contributed by atoms with E-state index in [0.717, 1.165) is 48.8 Å². The molecule has 1 atom stereocenters. The quantitative estimate of drug-likeness (QED) is 0.188. The first-order valence-electron chi connectivity index (χ1n) is 13.4. The van der Waals surface area contributed by atoms with E-state index < -0.39 is 17.7 Å². The molecule has 3 aromatic carbocycles. The second kappa shape index (κ2) is 13.2. The lowest BCUT2D eigenvalue weighted by Gasteiger charge is -2.27. The van der Waals surface area contributed by atoms with Crippen molar-refractivity contribution in [1.29, 1.82) is 0 Å². The predicted octanol–water partition coefficient (Wildman–Crippen LogP) is 8.18. The van der Waals surface area contributed by atoms with E-state index in [1.54, 1.807) is 7.11 Å². The molecule has 4 aromatic rings. The predicted molar refractivity (Wildman–Crippen MR) is 161 cm³/mol. The Morgan fingerprint density at radius 1 is 1.05 bits per heavy atom. The molecule has 12 heteroatoms. The van der Waals surface area contributed by atoms with Gasteiger partial charge in [-0.05, 0) is 60.9 Å². The van der Waals surface area contributed by atoms with Crippen LogP contribution in [0.5, 0.6) is 5.75 Å². The summed E-state index contributed by atoms with van der Waals surface area (Å²) in [5.74, 6) is 0.553. The Kier molecular flexibility index (Phi) is 9.59. The van der Waals surface area contributed by atoms with Crippen molar-refractivity contribution in [1.82, 2.24) is 19.7 Å². The van der Waals surface area contributed by atoms with Crippen LogP contribution in [0.4, 0.5) is 13.2 Å². The van der Waals surface area contributed by atoms with Gasteiger partial charge in [-0.1, -0.05) is 65.7 Å². The minimum absolute atomic E-state index is 0.0138. The number of methoxy groups -OCH3 is 1. The Morgan fingerprint density at radius 3 is 2.45 bits per heavy atom. The zero-order valence-corrected chi connectivity index (χ0v) is 25.1. The van der Waals surface area contributed by atoms with Crippen molar-refractivity contribution in [3.8, 4) is 22.6 Å². The highest BCUT2D eigenvalue weighted by Crippen LogP contribution is 2.41. The topological polar surface area (TPSA) is 55.3 Å². The average molecular weight is 638 g/mol. The number of morpholine rings is 1. The Morgan fingerprint density at radius 2 is 1.76 bits per heavy atom. The molecule has 0 spiro atoms. The first-order chi connectivity index (χ1) is 20.2. The van der Waals surface area contributed by atoms with E-state index in [1.165, 1.54) is 10.6 Å². The molecule has 0 aliphatic carbocycles. The summed E-state index contributed by atoms with van der Waals surface area (Å²) in [4.78, 5) is 2.32. The van der Waals surface area contributed by atoms with Crippen LogP contribution in [0.25, 0.3) is 16.8 Å². The van der Waals surface area contributed by atoms with Gasteiger partial charge in [-0.2, -0.15) is 18.3 Å². The standard InChI is InChI=1S/C30H29Cl2F3N4O2S/c1-40-27-16-20(9-10-21(27)19-6-3-2-4-7-19)22(8-5-11-38-12-14-41-15-13-38)28-36-37-29(42)39(28)26-18-25(32)24(31)17-23(26)30(33,34)35/h2-4,6-7,9-10,16-18,22H,5,8,11-15H2,1H3,(H,37,42). The van der Waals surface area contributed by atoms with Gasteiger partial charge in [-0.15, -0.1) is 0 Å². The van der Waals surface area contributed by atoms with E-state index in [0.29, 0.717) is 31.2 Å². The average Bonchev–Trinajstić information content (AvgIpc) is 3.37. The minimum atomic E-state index is -4.71. The molecule has 1 aliphatic heterocycles. The molecule has 1 fully saturated rings. The molecule has 1 aliphatic rings. The number of alkyl halides is 3. The van der Waals surface area contributed by atoms with Crippen LogP contribution in [0.2, 0.25) is 10.0 Å². The largest absolute Gasteiger partial charge is 0.496 e. The molecule has 1 aromatic heterocycles. The van der Waals surface area contributed by atoms with E-state index in [2.05, 4.69) is 15.1 Å². The molecule has 42 heavy (non-hydrogen) atoms. The molecule has 222 valence electrons. The van der Waals surface area contributed by atoms with Crippen molar-refractivity contribution in [3.63, 3.8) is 0 Å². The smallest absolute Gasteiger partial charge is 0.418 e. The van der Waals surface area contributed by atoms with Gasteiger partial charge < -0.3 is 9.47 Å². The van der Waals surface area contributed by atoms with Crippen LogP contribution in [0.15, 0.2) is 60.7 Å². The van der Waals surface area contributed by atoms with Crippen LogP contribution < -0.4 is 4.74 Å². The molecular weight excluding hydrogens is 608 g/mol. The Hall–Kier alpha value is -2.89. The van der Waals surface area contributed by atoms with Gasteiger partial charge in [0.15, 0.2) is 4.77 Å². The fourth-order valence-corrected chi connectivity index (χ4v) is 5.85. The van der Waals surface area contributed by atoms with Crippen molar-refractivity contribution in [2.75, 3.05) is 40.0 Å². The Labute approximate surface area is 257 Å². The number of aromatic amines is 1. The maximum atomic E-state index is 14.2. The molecule has 0 amide bonds. The van der Waals surface area contributed by atoms with E-state index in [1.807, 2.05) is 48.5 Å². The minimum Gasteiger partial charge on any atom is -0.496 e. The third-order valence-electron chi connectivity index (χ3n) is 7.38. The highest BCUT2D eigenvalue weighted by molar-refractivity contribution is 7.71. The highest BCUT2D eigenvalue weighted by Gasteiger charge is 2.36. The molecular formula is C30H29Cl2F3N4O2S. The second-order valence-electron chi connectivity index (χ2n) is 9.98. The van der Waals surface area contributed by atoms with E-state index in [4.69, 9.17) is 44.9 Å². The van der Waals surface area contributed by atoms with Gasteiger partial charge in [0, 0.05) is 24.6 Å². The molecule has 1 N–H and O–H groups in total. The van der Waals surface area contributed by atoms with Gasteiger partial charge in [0.05, 0.1) is 41.6 Å². The van der Waals surface area contributed by atoms with Crippen molar-refractivity contribution < 1.29 is 22.6 Å². The molecule has 0 bridgehead atoms. The van der Waals surface area contributed by atoms with Crippen LogP contribution in [-0.2, 0) is 10.9 Å². The van der Waals surface area contributed by atoms with Crippen molar-refractivity contribution in [2.24, 2.45) is 0 Å². The maximum absolute atomic E-state index is 14.2. The van der Waals surface area contributed by atoms with Crippen LogP contribution in [-0.4, -0.2) is 59.6 Å². The summed E-state index contributed by atoms with van der Waals surface area (Å²) < 4.78 is 55.3. The number of rotatable bonds is 9. The fraction of sp³-hybridized carbons (Fsp3) is 0.333. The number of nitrogens with zero attached hydrogens (tertiary/aromatic N) is 3. The zero-order chi connectivity index (χ0) is 29.9. The molecule has 0 saturated carbocycles. The summed E-state index contributed by atoms with van der Waals surface area (Å²) in [7, 11) is 1.60. The summed E-state index contributed by atoms with van der Waals surface area (Å²) in [6.45, 7) is 3.84. The number of aromatic nitrogens is 3. The zero-order valence-electron chi connectivity index (χ0n) is 22.8. The Balaban J connectivity index is 1.61. The first-order valence-corrected chi connectivity index (χ1v) is 14.6. The van der Waals surface area contributed by atoms with Crippen molar-refractivity contribution >= 4 is 35.4 Å². The molecule has 0 radical (unpaired) electrons. The number of hydrogen-bond acceptors (Lipinski definition) is 5. The molecule has 1 unspecified atom stereocenters. The van der Waals surface area contributed by atoms with E-state index in [-0.39, 0.29) is 20.5 Å². The summed E-state index contributed by atoms with van der Waals surface area (Å²) in [5, 5.41) is 6.97. The van der Waals surface area contributed by atoms with Gasteiger partial charge >= 0.3 is 6.18 Å². The normalized spacial score (nSPS) is 15.1. The number of ether oxygens (including phenoxy) is 2. The van der Waals surface area contributed by atoms with Gasteiger partial charge in [0.2, 0.25) is 0 Å². The number of hydrogen-bond donors (Lipinski definition) is 1. The lowest BCUT2D eigenvalue weighted by Crippen LogP contribution is -2.36. The molecule has 1 saturated heterocycles. The number of benzene rings is 3. The summed E-state index contributed by atoms with van der Waals surface area (Å²) in [6, 6.07) is 17.7. The van der Waals surface area contributed by atoms with Crippen LogP contribution >= 0.6 is 35.4 Å². The SMILES string of the molecule is COc1cc(C(CCCN2CCOCC2)c2n[nH]c(=S)n2-c2cc(Cl)c(Cl)cc2C(F)(F)F)ccc1-c1ccccc1. The van der Waals surface area contributed by atoms with Gasteiger partial charge in [-0.25, -0.2) is 0 Å². The van der Waals surface area contributed by atoms with Crippen molar-refractivity contribution in [3.05, 3.63) is 92.4 Å². The van der Waals surface area contributed by atoms with Crippen molar-refractivity contribution in [2.45, 2.75) is 24.9 Å². The maximum Gasteiger partial charge on any atom is 0.418 e. The van der Waals surface area contributed by atoms with Gasteiger partial charge in [-0.3, -0.25) is 14.6 Å². The number of nitrogens with one attached hydrogen (secondary N) is 1. The third-order valence-corrected chi connectivity index (χ3v) is 8.37. The first kappa shape index (κ1) is 30.6. The summed E-state index contributed by atoms with van der Waals surface area (Å²) in [5.41, 5.74) is 1.52. The second-order valence-corrected chi connectivity index (χ2v) is 11.2. The number of halogens is 5. The molecule has 6 nitrogen and oxygen atoms in total. The van der Waals surface area contributed by atoms with E-state index >= 15 is 0 Å². The molecule has 5 rings (SSSR count). The van der Waals surface area contributed by atoms with Gasteiger partial charge in [0.25, 0.3) is 0 Å². The van der Waals surface area contributed by atoms with Crippen LogP contribution in [0.3, 0.4) is 0 Å². The third kappa shape index (κ3) is 6.68. The van der Waals surface area contributed by atoms with E-state index in [9.17, 15) is 13.2 Å². The summed E-state index contributed by atoms with van der Waals surface area (Å²) >= 11 is 17.7. The monoisotopic (exact) mass is 636 g/mol. The lowest BCUT2D eigenvalue weighted by molar-refractivity contribution is -0.137. The Bertz CT molecular complexity index is 1590. The van der Waals surface area contributed by atoms with Crippen LogP contribution in [0, 0.1) is 4.77 Å². The van der Waals surface area contributed by atoms with Gasteiger partial charge in [0.1, 0.15) is 11.6 Å². The van der Waals surface area contributed by atoms with Crippen LogP contribution in [0.1, 0.15) is 35.7 Å². The highest BCUT2D eigenvalue weighted by atomic mass is 35.5.